The molecule has 0 aromatic heterocycles. The van der Waals surface area contributed by atoms with Crippen LogP contribution in [0.4, 0.5) is 5.69 Å². The number of hydrazine groups is 1. The predicted molar refractivity (Wildman–Crippen MR) is 114 cm³/mol. The van der Waals surface area contributed by atoms with Gasteiger partial charge >= 0.3 is 0 Å². The molecule has 3 aromatic rings. The zero-order chi connectivity index (χ0) is 20.9. The number of amides is 1. The summed E-state index contributed by atoms with van der Waals surface area (Å²) in [6.07, 6.45) is 0. The van der Waals surface area contributed by atoms with Crippen LogP contribution in [-0.4, -0.2) is 17.3 Å². The van der Waals surface area contributed by atoms with Crippen molar-refractivity contribution < 1.29 is 14.3 Å². The van der Waals surface area contributed by atoms with Crippen molar-refractivity contribution in [3.8, 4) is 5.75 Å². The maximum absolute atomic E-state index is 12.5. The summed E-state index contributed by atoms with van der Waals surface area (Å²) in [5.41, 5.74) is 6.20. The van der Waals surface area contributed by atoms with Gasteiger partial charge in [-0.25, -0.2) is 0 Å². The third-order valence-corrected chi connectivity index (χ3v) is 4.49. The highest BCUT2D eigenvalue weighted by molar-refractivity contribution is 6.30. The number of para-hydroxylation sites is 1. The fourth-order valence-electron chi connectivity index (χ4n) is 2.58. The Hall–Kier alpha value is -3.31. The highest BCUT2D eigenvalue weighted by atomic mass is 35.5. The second-order valence-corrected chi connectivity index (χ2v) is 7.35. The van der Waals surface area contributed by atoms with E-state index in [9.17, 15) is 9.59 Å². The van der Waals surface area contributed by atoms with Crippen LogP contribution in [0.2, 0.25) is 5.02 Å². The molecule has 0 aliphatic rings. The van der Waals surface area contributed by atoms with Gasteiger partial charge in [0.25, 0.3) is 5.91 Å². The van der Waals surface area contributed by atoms with Crippen molar-refractivity contribution >= 4 is 29.0 Å². The quantitative estimate of drug-likeness (QED) is 0.432. The molecular weight excluding hydrogens is 388 g/mol. The minimum absolute atomic E-state index is 0.114. The Kier molecular flexibility index (Phi) is 6.20. The van der Waals surface area contributed by atoms with E-state index in [4.69, 9.17) is 16.3 Å². The van der Waals surface area contributed by atoms with E-state index in [1.54, 1.807) is 62.4 Å². The van der Waals surface area contributed by atoms with Gasteiger partial charge < -0.3 is 4.74 Å². The molecule has 0 saturated heterocycles. The van der Waals surface area contributed by atoms with Crippen LogP contribution in [0.5, 0.6) is 5.75 Å². The number of hydrogen-bond donors (Lipinski definition) is 2. The molecule has 0 spiro atoms. The molecule has 148 valence electrons. The van der Waals surface area contributed by atoms with E-state index in [2.05, 4.69) is 10.9 Å². The summed E-state index contributed by atoms with van der Waals surface area (Å²) in [6, 6.07) is 22.7. The summed E-state index contributed by atoms with van der Waals surface area (Å²) in [5.74, 6) is 0.0393. The van der Waals surface area contributed by atoms with Crippen molar-refractivity contribution in [2.75, 3.05) is 5.43 Å². The van der Waals surface area contributed by atoms with E-state index in [-0.39, 0.29) is 11.7 Å². The number of ketones is 1. The van der Waals surface area contributed by atoms with Crippen LogP contribution in [0.3, 0.4) is 0 Å². The van der Waals surface area contributed by atoms with E-state index in [0.29, 0.717) is 21.9 Å². The first-order chi connectivity index (χ1) is 13.8. The lowest BCUT2D eigenvalue weighted by molar-refractivity contribution is -0.133. The number of anilines is 1. The molecule has 0 radical (unpaired) electrons. The topological polar surface area (TPSA) is 67.4 Å². The number of halogens is 1. The molecule has 0 bridgehead atoms. The lowest BCUT2D eigenvalue weighted by Crippen LogP contribution is -2.48. The Morgan fingerprint density at radius 2 is 1.38 bits per heavy atom. The Bertz CT molecular complexity index is 985. The van der Waals surface area contributed by atoms with E-state index < -0.39 is 5.60 Å². The number of hydrogen-bond acceptors (Lipinski definition) is 4. The van der Waals surface area contributed by atoms with Crippen LogP contribution in [0.1, 0.15) is 29.8 Å². The van der Waals surface area contributed by atoms with Crippen LogP contribution in [0.15, 0.2) is 78.9 Å². The van der Waals surface area contributed by atoms with Gasteiger partial charge in [0, 0.05) is 16.1 Å². The van der Waals surface area contributed by atoms with E-state index in [1.807, 2.05) is 30.3 Å². The van der Waals surface area contributed by atoms with Gasteiger partial charge in [-0.05, 0) is 74.5 Å². The Balaban J connectivity index is 1.62. The van der Waals surface area contributed by atoms with Crippen molar-refractivity contribution in [3.05, 3.63) is 95.0 Å². The van der Waals surface area contributed by atoms with Crippen molar-refractivity contribution in [2.24, 2.45) is 0 Å². The molecule has 0 aliphatic carbocycles. The lowest BCUT2D eigenvalue weighted by atomic mass is 10.0. The standard InChI is InChI=1S/C23H21ClN2O3/c1-23(2,22(28)26-25-19-6-4-3-5-7-19)29-20-14-10-17(11-15-20)21(27)16-8-12-18(24)13-9-16/h3-15,25H,1-2H3,(H,26,28). The van der Waals surface area contributed by atoms with Crippen molar-refractivity contribution in [1.29, 1.82) is 0 Å². The largest absolute Gasteiger partial charge is 0.478 e. The first-order valence-corrected chi connectivity index (χ1v) is 9.44. The van der Waals surface area contributed by atoms with Gasteiger partial charge in [-0.2, -0.15) is 0 Å². The molecule has 3 aromatic carbocycles. The van der Waals surface area contributed by atoms with Crippen LogP contribution in [0, 0.1) is 0 Å². The summed E-state index contributed by atoms with van der Waals surface area (Å²) in [5, 5.41) is 0.576. The van der Waals surface area contributed by atoms with Crippen LogP contribution < -0.4 is 15.6 Å². The molecule has 0 heterocycles. The Morgan fingerprint density at radius 3 is 1.97 bits per heavy atom. The normalized spacial score (nSPS) is 10.9. The summed E-state index contributed by atoms with van der Waals surface area (Å²) < 4.78 is 5.83. The highest BCUT2D eigenvalue weighted by Crippen LogP contribution is 2.21. The Morgan fingerprint density at radius 1 is 0.828 bits per heavy atom. The molecule has 2 N–H and O–H groups in total. The summed E-state index contributed by atoms with van der Waals surface area (Å²) in [7, 11) is 0. The van der Waals surface area contributed by atoms with E-state index >= 15 is 0 Å². The molecule has 0 fully saturated rings. The van der Waals surface area contributed by atoms with Gasteiger partial charge in [0.15, 0.2) is 11.4 Å². The number of benzene rings is 3. The van der Waals surface area contributed by atoms with Gasteiger partial charge in [-0.3, -0.25) is 20.4 Å². The smallest absolute Gasteiger partial charge is 0.281 e. The van der Waals surface area contributed by atoms with Crippen molar-refractivity contribution in [1.82, 2.24) is 5.43 Å². The number of carbonyl (C=O) groups is 2. The maximum Gasteiger partial charge on any atom is 0.281 e. The second-order valence-electron chi connectivity index (χ2n) is 6.92. The summed E-state index contributed by atoms with van der Waals surface area (Å²) >= 11 is 5.86. The summed E-state index contributed by atoms with van der Waals surface area (Å²) in [6.45, 7) is 3.34. The van der Waals surface area contributed by atoms with Crippen LogP contribution in [-0.2, 0) is 4.79 Å². The van der Waals surface area contributed by atoms with Crippen LogP contribution in [0.25, 0.3) is 0 Å². The number of nitrogens with one attached hydrogen (secondary N) is 2. The molecule has 0 aliphatic heterocycles. The monoisotopic (exact) mass is 408 g/mol. The minimum Gasteiger partial charge on any atom is -0.478 e. The van der Waals surface area contributed by atoms with Gasteiger partial charge in [-0.15, -0.1) is 0 Å². The van der Waals surface area contributed by atoms with Gasteiger partial charge in [0.2, 0.25) is 0 Å². The molecule has 0 saturated carbocycles. The third-order valence-electron chi connectivity index (χ3n) is 4.24. The Labute approximate surface area is 174 Å². The molecular formula is C23H21ClN2O3. The average Bonchev–Trinajstić information content (AvgIpc) is 2.73. The molecule has 3 rings (SSSR count). The molecule has 0 atom stereocenters. The number of rotatable bonds is 7. The average molecular weight is 409 g/mol. The zero-order valence-corrected chi connectivity index (χ0v) is 16.9. The first-order valence-electron chi connectivity index (χ1n) is 9.06. The fraction of sp³-hybridized carbons (Fsp3) is 0.130. The lowest BCUT2D eigenvalue weighted by Gasteiger charge is -2.25. The van der Waals surface area contributed by atoms with E-state index in [0.717, 1.165) is 5.69 Å². The van der Waals surface area contributed by atoms with Gasteiger partial charge in [0.1, 0.15) is 5.75 Å². The second kappa shape index (κ2) is 8.80. The van der Waals surface area contributed by atoms with Gasteiger partial charge in [0.05, 0.1) is 5.69 Å². The van der Waals surface area contributed by atoms with Crippen molar-refractivity contribution in [2.45, 2.75) is 19.4 Å². The number of carbonyl (C=O) groups excluding carboxylic acids is 2. The van der Waals surface area contributed by atoms with E-state index in [1.165, 1.54) is 0 Å². The highest BCUT2D eigenvalue weighted by Gasteiger charge is 2.30. The number of ether oxygens (including phenoxy) is 1. The van der Waals surface area contributed by atoms with Crippen LogP contribution >= 0.6 is 11.6 Å². The molecule has 1 amide bonds. The molecule has 6 heteroatoms. The fourth-order valence-corrected chi connectivity index (χ4v) is 2.71. The van der Waals surface area contributed by atoms with Crippen molar-refractivity contribution in [3.63, 3.8) is 0 Å². The molecule has 29 heavy (non-hydrogen) atoms. The predicted octanol–water partition coefficient (Wildman–Crippen LogP) is 4.87. The minimum atomic E-state index is -1.12. The zero-order valence-electron chi connectivity index (χ0n) is 16.1. The van der Waals surface area contributed by atoms with Gasteiger partial charge in [-0.1, -0.05) is 29.8 Å². The first kappa shape index (κ1) is 20.4. The molecule has 0 unspecified atom stereocenters. The maximum atomic E-state index is 12.5. The molecule has 5 nitrogen and oxygen atoms in total. The third kappa shape index (κ3) is 5.36. The SMILES string of the molecule is CC(C)(Oc1ccc(C(=O)c2ccc(Cl)cc2)cc1)C(=O)NNc1ccccc1. The summed E-state index contributed by atoms with van der Waals surface area (Å²) in [4.78, 5) is 25.0.